The number of aliphatic imine (C=N–C) groups is 1. The molecule has 174 valence electrons. The number of sulfonamides is 1. The van der Waals surface area contributed by atoms with Crippen LogP contribution in [-0.4, -0.2) is 44.3 Å². The Morgan fingerprint density at radius 3 is 2.21 bits per heavy atom. The third-order valence-electron chi connectivity index (χ3n) is 6.25. The van der Waals surface area contributed by atoms with Gasteiger partial charge in [0.1, 0.15) is 0 Å². The molecule has 34 heavy (non-hydrogen) atoms. The fraction of sp³-hybridized carbons (Fsp3) is 0.259. The summed E-state index contributed by atoms with van der Waals surface area (Å²) in [4.78, 5) is 4.85. The molecule has 0 aliphatic carbocycles. The predicted octanol–water partition coefficient (Wildman–Crippen LogP) is 5.23. The Labute approximate surface area is 201 Å². The number of hydrazone groups is 1. The maximum atomic E-state index is 12.8. The molecule has 7 heteroatoms. The van der Waals surface area contributed by atoms with Crippen molar-refractivity contribution in [1.82, 2.24) is 4.31 Å². The molecule has 0 atom stereocenters. The summed E-state index contributed by atoms with van der Waals surface area (Å²) in [6.07, 6.45) is 5.68. The summed E-state index contributed by atoms with van der Waals surface area (Å²) in [5, 5.41) is 6.81. The van der Waals surface area contributed by atoms with Gasteiger partial charge in [0, 0.05) is 32.3 Å². The van der Waals surface area contributed by atoms with E-state index in [1.807, 2.05) is 47.5 Å². The van der Waals surface area contributed by atoms with Crippen LogP contribution in [0.1, 0.15) is 36.8 Å². The van der Waals surface area contributed by atoms with Crippen molar-refractivity contribution in [1.29, 1.82) is 0 Å². The van der Waals surface area contributed by atoms with Crippen LogP contribution < -0.4 is 5.01 Å². The molecule has 6 nitrogen and oxygen atoms in total. The van der Waals surface area contributed by atoms with Gasteiger partial charge in [0.2, 0.25) is 10.0 Å². The Morgan fingerprint density at radius 1 is 0.794 bits per heavy atom. The first-order valence-electron chi connectivity index (χ1n) is 11.7. The summed E-state index contributed by atoms with van der Waals surface area (Å²) in [5.41, 5.74) is 5.02. The molecule has 3 aromatic carbocycles. The Bertz CT molecular complexity index is 1280. The van der Waals surface area contributed by atoms with E-state index in [0.717, 1.165) is 54.9 Å². The van der Waals surface area contributed by atoms with Gasteiger partial charge in [0.15, 0.2) is 0 Å². The second-order valence-electron chi connectivity index (χ2n) is 8.59. The lowest BCUT2D eigenvalue weighted by molar-refractivity contribution is 0.346. The minimum Gasteiger partial charge on any atom is -0.265 e. The molecular formula is C27H28N4O2S. The number of anilines is 1. The molecule has 0 saturated carbocycles. The highest BCUT2D eigenvalue weighted by Crippen LogP contribution is 2.24. The standard InChI is InChI=1S/C27H28N4O2S/c32-34(33,30-18-5-2-6-19-30)26-15-11-24(12-16-26)28-21-22-9-13-25(14-10-22)31-20-17-27(29-31)23-7-3-1-4-8-23/h1,3-4,7-16,21H,2,5-6,17-20H2. The number of hydrogen-bond donors (Lipinski definition) is 0. The van der Waals surface area contributed by atoms with Crippen LogP contribution in [0.2, 0.25) is 0 Å². The average Bonchev–Trinajstić information content (AvgIpc) is 3.40. The number of benzene rings is 3. The number of hydrogen-bond acceptors (Lipinski definition) is 5. The van der Waals surface area contributed by atoms with Gasteiger partial charge in [0.25, 0.3) is 0 Å². The van der Waals surface area contributed by atoms with Gasteiger partial charge >= 0.3 is 0 Å². The lowest BCUT2D eigenvalue weighted by Gasteiger charge is -2.25. The van der Waals surface area contributed by atoms with E-state index in [2.05, 4.69) is 17.1 Å². The summed E-state index contributed by atoms with van der Waals surface area (Å²) in [6, 6.07) is 25.2. The fourth-order valence-corrected chi connectivity index (χ4v) is 5.83. The molecule has 1 saturated heterocycles. The molecule has 0 bridgehead atoms. The Morgan fingerprint density at radius 2 is 1.50 bits per heavy atom. The molecule has 0 unspecified atom stereocenters. The average molecular weight is 473 g/mol. The highest BCUT2D eigenvalue weighted by molar-refractivity contribution is 7.89. The van der Waals surface area contributed by atoms with Crippen LogP contribution in [0.15, 0.2) is 93.9 Å². The Balaban J connectivity index is 1.23. The molecule has 2 heterocycles. The van der Waals surface area contributed by atoms with Gasteiger partial charge in [0.05, 0.1) is 22.0 Å². The highest BCUT2D eigenvalue weighted by atomic mass is 32.2. The smallest absolute Gasteiger partial charge is 0.243 e. The number of rotatable bonds is 6. The second kappa shape index (κ2) is 9.91. The molecule has 3 aromatic rings. The molecule has 0 amide bonds. The largest absolute Gasteiger partial charge is 0.265 e. The normalized spacial score (nSPS) is 17.3. The fourth-order valence-electron chi connectivity index (χ4n) is 4.32. The molecule has 5 rings (SSSR count). The van der Waals surface area contributed by atoms with Crippen molar-refractivity contribution >= 4 is 33.3 Å². The third kappa shape index (κ3) is 4.95. The van der Waals surface area contributed by atoms with E-state index in [0.29, 0.717) is 18.0 Å². The van der Waals surface area contributed by atoms with E-state index in [1.54, 1.807) is 34.8 Å². The van der Waals surface area contributed by atoms with Crippen LogP contribution in [0.4, 0.5) is 11.4 Å². The Kier molecular flexibility index (Phi) is 6.56. The van der Waals surface area contributed by atoms with E-state index in [-0.39, 0.29) is 0 Å². The van der Waals surface area contributed by atoms with Crippen LogP contribution in [0.3, 0.4) is 0 Å². The second-order valence-corrected chi connectivity index (χ2v) is 10.5. The first kappa shape index (κ1) is 22.5. The van der Waals surface area contributed by atoms with Crippen molar-refractivity contribution in [2.75, 3.05) is 24.6 Å². The third-order valence-corrected chi connectivity index (χ3v) is 8.17. The SMILES string of the molecule is O=S(=O)(c1ccc(N=Cc2ccc(N3CCC(c4ccccc4)=N3)cc2)cc1)N1CCCCC1. The van der Waals surface area contributed by atoms with Crippen molar-refractivity contribution < 1.29 is 8.42 Å². The zero-order chi connectivity index (χ0) is 23.4. The lowest BCUT2D eigenvalue weighted by atomic mass is 10.1. The van der Waals surface area contributed by atoms with E-state index in [1.165, 1.54) is 5.56 Å². The molecule has 0 radical (unpaired) electrons. The maximum absolute atomic E-state index is 12.8. The summed E-state index contributed by atoms with van der Waals surface area (Å²) in [5.74, 6) is 0. The van der Waals surface area contributed by atoms with Crippen LogP contribution in [0, 0.1) is 0 Å². The van der Waals surface area contributed by atoms with E-state index < -0.39 is 10.0 Å². The van der Waals surface area contributed by atoms with Crippen molar-refractivity contribution in [2.45, 2.75) is 30.6 Å². The van der Waals surface area contributed by atoms with Crippen LogP contribution >= 0.6 is 0 Å². The summed E-state index contributed by atoms with van der Waals surface area (Å²) >= 11 is 0. The summed E-state index contributed by atoms with van der Waals surface area (Å²) in [6.45, 7) is 2.08. The molecule has 0 N–H and O–H groups in total. The van der Waals surface area contributed by atoms with Gasteiger partial charge in [-0.2, -0.15) is 9.41 Å². The maximum Gasteiger partial charge on any atom is 0.243 e. The van der Waals surface area contributed by atoms with Gasteiger partial charge in [-0.3, -0.25) is 10.0 Å². The predicted molar refractivity (Wildman–Crippen MR) is 138 cm³/mol. The summed E-state index contributed by atoms with van der Waals surface area (Å²) < 4.78 is 27.2. The summed E-state index contributed by atoms with van der Waals surface area (Å²) in [7, 11) is -3.41. The van der Waals surface area contributed by atoms with Crippen molar-refractivity contribution in [3.63, 3.8) is 0 Å². The van der Waals surface area contributed by atoms with Crippen molar-refractivity contribution in [3.8, 4) is 0 Å². The van der Waals surface area contributed by atoms with Crippen molar-refractivity contribution in [3.05, 3.63) is 90.0 Å². The molecular weight excluding hydrogens is 444 g/mol. The Hall–Kier alpha value is -3.29. The number of piperidine rings is 1. The molecule has 1 fully saturated rings. The molecule has 0 aromatic heterocycles. The molecule has 2 aliphatic rings. The molecule has 2 aliphatic heterocycles. The van der Waals surface area contributed by atoms with Gasteiger partial charge in [-0.25, -0.2) is 8.42 Å². The van der Waals surface area contributed by atoms with E-state index >= 15 is 0 Å². The van der Waals surface area contributed by atoms with Crippen molar-refractivity contribution in [2.24, 2.45) is 10.1 Å². The first-order valence-corrected chi connectivity index (χ1v) is 13.2. The topological polar surface area (TPSA) is 65.3 Å². The van der Waals surface area contributed by atoms with E-state index in [9.17, 15) is 8.42 Å². The monoisotopic (exact) mass is 472 g/mol. The zero-order valence-corrected chi connectivity index (χ0v) is 19.9. The zero-order valence-electron chi connectivity index (χ0n) is 19.0. The van der Waals surface area contributed by atoms with Crippen LogP contribution in [-0.2, 0) is 10.0 Å². The van der Waals surface area contributed by atoms with Gasteiger partial charge in [-0.1, -0.05) is 48.9 Å². The van der Waals surface area contributed by atoms with Gasteiger partial charge in [-0.05, 0) is 60.4 Å². The minimum absolute atomic E-state index is 0.332. The number of nitrogens with zero attached hydrogens (tertiary/aromatic N) is 4. The lowest BCUT2D eigenvalue weighted by Crippen LogP contribution is -2.35. The highest BCUT2D eigenvalue weighted by Gasteiger charge is 2.25. The van der Waals surface area contributed by atoms with Gasteiger partial charge in [-0.15, -0.1) is 0 Å². The molecule has 0 spiro atoms. The van der Waals surface area contributed by atoms with Crippen LogP contribution in [0.5, 0.6) is 0 Å². The van der Waals surface area contributed by atoms with Gasteiger partial charge < -0.3 is 0 Å². The first-order chi connectivity index (χ1) is 16.6. The van der Waals surface area contributed by atoms with Crippen LogP contribution in [0.25, 0.3) is 0 Å². The minimum atomic E-state index is -3.41. The van der Waals surface area contributed by atoms with E-state index in [4.69, 9.17) is 5.10 Å². The quantitative estimate of drug-likeness (QED) is 0.462.